The summed E-state index contributed by atoms with van der Waals surface area (Å²) in [4.78, 5) is 22.5. The number of ether oxygens (including phenoxy) is 1. The van der Waals surface area contributed by atoms with Gasteiger partial charge in [-0.15, -0.1) is 0 Å². The lowest BCUT2D eigenvalue weighted by molar-refractivity contribution is 0.0116. The second-order valence-corrected chi connectivity index (χ2v) is 6.82. The number of hydrogen-bond acceptors (Lipinski definition) is 4. The average molecular weight is 291 g/mol. The van der Waals surface area contributed by atoms with Crippen molar-refractivity contribution in [3.8, 4) is 0 Å². The number of aromatic nitrogens is 2. The van der Waals surface area contributed by atoms with Crippen LogP contribution in [0, 0.1) is 11.8 Å². The summed E-state index contributed by atoms with van der Waals surface area (Å²) in [5.41, 5.74) is -0.435. The van der Waals surface area contributed by atoms with Gasteiger partial charge in [-0.3, -0.25) is 0 Å². The maximum Gasteiger partial charge on any atom is 0.410 e. The van der Waals surface area contributed by atoms with Gasteiger partial charge in [0.25, 0.3) is 0 Å². The van der Waals surface area contributed by atoms with E-state index in [0.29, 0.717) is 11.8 Å². The summed E-state index contributed by atoms with van der Waals surface area (Å²) in [5.74, 6) is 1.83. The second-order valence-electron chi connectivity index (χ2n) is 6.82. The smallest absolute Gasteiger partial charge is 0.410 e. The largest absolute Gasteiger partial charge is 0.444 e. The predicted octanol–water partition coefficient (Wildman–Crippen LogP) is 2.91. The normalized spacial score (nSPS) is 23.0. The van der Waals surface area contributed by atoms with E-state index in [2.05, 4.69) is 16.9 Å². The third-order valence-corrected chi connectivity index (χ3v) is 3.80. The number of piperidine rings is 1. The molecule has 1 aliphatic heterocycles. The monoisotopic (exact) mass is 291 g/mol. The van der Waals surface area contributed by atoms with Crippen LogP contribution >= 0.6 is 0 Å². The van der Waals surface area contributed by atoms with Gasteiger partial charge in [-0.1, -0.05) is 6.92 Å². The molecule has 5 nitrogen and oxygen atoms in total. The minimum atomic E-state index is -0.435. The van der Waals surface area contributed by atoms with Gasteiger partial charge in [0, 0.05) is 31.9 Å². The van der Waals surface area contributed by atoms with Gasteiger partial charge in [0.15, 0.2) is 0 Å². The molecule has 1 aliphatic rings. The lowest BCUT2D eigenvalue weighted by Gasteiger charge is -2.37. The van der Waals surface area contributed by atoms with E-state index in [-0.39, 0.29) is 6.09 Å². The van der Waals surface area contributed by atoms with Crippen molar-refractivity contribution in [1.29, 1.82) is 0 Å². The van der Waals surface area contributed by atoms with Crippen LogP contribution in [0.2, 0.25) is 0 Å². The summed E-state index contributed by atoms with van der Waals surface area (Å²) >= 11 is 0. The molecular weight excluding hydrogens is 266 g/mol. The predicted molar refractivity (Wildman–Crippen MR) is 80.8 cm³/mol. The van der Waals surface area contributed by atoms with E-state index in [4.69, 9.17) is 4.74 Å². The fourth-order valence-electron chi connectivity index (χ4n) is 2.66. The fourth-order valence-corrected chi connectivity index (χ4v) is 2.66. The number of amides is 1. The molecule has 21 heavy (non-hydrogen) atoms. The van der Waals surface area contributed by atoms with Crippen LogP contribution in [0.1, 0.15) is 39.9 Å². The summed E-state index contributed by atoms with van der Waals surface area (Å²) in [7, 11) is 0. The molecule has 2 heterocycles. The Kier molecular flexibility index (Phi) is 4.80. The Bertz CT molecular complexity index is 470. The number of carbonyl (C=O) groups excluding carboxylic acids is 1. The topological polar surface area (TPSA) is 55.3 Å². The van der Waals surface area contributed by atoms with E-state index in [1.807, 2.05) is 31.7 Å². The molecule has 0 aliphatic carbocycles. The Hall–Kier alpha value is -1.65. The Morgan fingerprint density at radius 1 is 1.38 bits per heavy atom. The molecule has 5 heteroatoms. The van der Waals surface area contributed by atoms with Crippen LogP contribution in [0.3, 0.4) is 0 Å². The second kappa shape index (κ2) is 6.41. The van der Waals surface area contributed by atoms with Crippen LogP contribution < -0.4 is 0 Å². The maximum atomic E-state index is 12.1. The molecule has 0 radical (unpaired) electrons. The van der Waals surface area contributed by atoms with Gasteiger partial charge in [0.1, 0.15) is 11.4 Å². The molecule has 1 amide bonds. The van der Waals surface area contributed by atoms with Crippen molar-refractivity contribution < 1.29 is 9.53 Å². The fraction of sp³-hybridized carbons (Fsp3) is 0.688. The van der Waals surface area contributed by atoms with E-state index >= 15 is 0 Å². The van der Waals surface area contributed by atoms with Crippen molar-refractivity contribution in [3.63, 3.8) is 0 Å². The summed E-state index contributed by atoms with van der Waals surface area (Å²) < 4.78 is 5.44. The highest BCUT2D eigenvalue weighted by atomic mass is 16.6. The van der Waals surface area contributed by atoms with Crippen LogP contribution in [0.25, 0.3) is 0 Å². The molecule has 116 valence electrons. The SMILES string of the molecule is CC1CN(C(=O)OC(C)(C)C)CCC1Cc1ncccn1. The van der Waals surface area contributed by atoms with Crippen LogP contribution in [0.4, 0.5) is 4.79 Å². The Labute approximate surface area is 126 Å². The third-order valence-electron chi connectivity index (χ3n) is 3.80. The third kappa shape index (κ3) is 4.69. The molecule has 0 N–H and O–H groups in total. The summed E-state index contributed by atoms with van der Waals surface area (Å²) in [6.45, 7) is 9.36. The van der Waals surface area contributed by atoms with Crippen molar-refractivity contribution in [2.45, 2.75) is 46.1 Å². The molecule has 2 rings (SSSR count). The highest BCUT2D eigenvalue weighted by Crippen LogP contribution is 2.26. The zero-order chi connectivity index (χ0) is 15.5. The number of likely N-dealkylation sites (tertiary alicyclic amines) is 1. The van der Waals surface area contributed by atoms with Crippen LogP contribution in [-0.4, -0.2) is 39.7 Å². The summed E-state index contributed by atoms with van der Waals surface area (Å²) in [6, 6.07) is 1.83. The van der Waals surface area contributed by atoms with E-state index in [9.17, 15) is 4.79 Å². The molecule has 0 saturated carbocycles. The molecule has 1 saturated heterocycles. The van der Waals surface area contributed by atoms with Crippen LogP contribution in [0.15, 0.2) is 18.5 Å². The first-order valence-electron chi connectivity index (χ1n) is 7.59. The Balaban J connectivity index is 1.89. The van der Waals surface area contributed by atoms with Gasteiger partial charge in [-0.2, -0.15) is 0 Å². The van der Waals surface area contributed by atoms with Crippen LogP contribution in [-0.2, 0) is 11.2 Å². The van der Waals surface area contributed by atoms with Crippen molar-refractivity contribution in [2.75, 3.05) is 13.1 Å². The first-order valence-corrected chi connectivity index (χ1v) is 7.59. The quantitative estimate of drug-likeness (QED) is 0.840. The van der Waals surface area contributed by atoms with Gasteiger partial charge in [-0.05, 0) is 45.1 Å². The van der Waals surface area contributed by atoms with Crippen molar-refractivity contribution >= 4 is 6.09 Å². The van der Waals surface area contributed by atoms with Crippen molar-refractivity contribution in [1.82, 2.24) is 14.9 Å². The first-order chi connectivity index (χ1) is 9.85. The molecular formula is C16H25N3O2. The first kappa shape index (κ1) is 15.7. The van der Waals surface area contributed by atoms with Gasteiger partial charge < -0.3 is 9.64 Å². The molecule has 2 unspecified atom stereocenters. The van der Waals surface area contributed by atoms with Crippen LogP contribution in [0.5, 0.6) is 0 Å². The maximum absolute atomic E-state index is 12.1. The molecule has 0 spiro atoms. The molecule has 1 aromatic heterocycles. The highest BCUT2D eigenvalue weighted by Gasteiger charge is 2.31. The molecule has 1 aromatic rings. The average Bonchev–Trinajstić information content (AvgIpc) is 2.40. The van der Waals surface area contributed by atoms with E-state index < -0.39 is 5.60 Å². The molecule has 2 atom stereocenters. The number of carbonyl (C=O) groups is 1. The molecule has 0 bridgehead atoms. The minimum Gasteiger partial charge on any atom is -0.444 e. The van der Waals surface area contributed by atoms with Gasteiger partial charge >= 0.3 is 6.09 Å². The zero-order valence-corrected chi connectivity index (χ0v) is 13.4. The summed E-state index contributed by atoms with van der Waals surface area (Å²) in [6.07, 6.45) is 5.21. The lowest BCUT2D eigenvalue weighted by Crippen LogP contribution is -2.45. The van der Waals surface area contributed by atoms with Gasteiger partial charge in [0.05, 0.1) is 0 Å². The van der Waals surface area contributed by atoms with E-state index in [1.165, 1.54) is 0 Å². The molecule has 1 fully saturated rings. The Morgan fingerprint density at radius 2 is 2.05 bits per heavy atom. The van der Waals surface area contributed by atoms with Crippen molar-refractivity contribution in [2.24, 2.45) is 11.8 Å². The Morgan fingerprint density at radius 3 is 2.62 bits per heavy atom. The standard InChI is InChI=1S/C16H25N3O2/c1-12-11-19(15(20)21-16(2,3)4)9-6-13(12)10-14-17-7-5-8-18-14/h5,7-8,12-13H,6,9-11H2,1-4H3. The minimum absolute atomic E-state index is 0.205. The van der Waals surface area contributed by atoms with Gasteiger partial charge in [-0.25, -0.2) is 14.8 Å². The summed E-state index contributed by atoms with van der Waals surface area (Å²) in [5, 5.41) is 0. The lowest BCUT2D eigenvalue weighted by atomic mass is 9.84. The van der Waals surface area contributed by atoms with E-state index in [1.54, 1.807) is 12.4 Å². The van der Waals surface area contributed by atoms with Gasteiger partial charge in [0.2, 0.25) is 0 Å². The zero-order valence-electron chi connectivity index (χ0n) is 13.4. The number of hydrogen-bond donors (Lipinski definition) is 0. The number of nitrogens with zero attached hydrogens (tertiary/aromatic N) is 3. The highest BCUT2D eigenvalue weighted by molar-refractivity contribution is 5.68. The van der Waals surface area contributed by atoms with Crippen molar-refractivity contribution in [3.05, 3.63) is 24.3 Å². The number of rotatable bonds is 2. The molecule has 0 aromatic carbocycles. The van der Waals surface area contributed by atoms with E-state index in [0.717, 1.165) is 31.8 Å².